The second-order valence-corrected chi connectivity index (χ2v) is 6.26. The number of fused-ring (bicyclic) bond motifs is 1. The molecule has 26 heavy (non-hydrogen) atoms. The first kappa shape index (κ1) is 19.4. The molecule has 3 N–H and O–H groups in total. The predicted octanol–water partition coefficient (Wildman–Crippen LogP) is 3.64. The lowest BCUT2D eigenvalue weighted by atomic mass is 10.1. The Labute approximate surface area is 150 Å². The first-order valence-electron chi connectivity index (χ1n) is 7.18. The van der Waals surface area contributed by atoms with E-state index in [1.54, 1.807) is 11.3 Å². The van der Waals surface area contributed by atoms with Crippen LogP contribution in [0.25, 0.3) is 21.3 Å². The summed E-state index contributed by atoms with van der Waals surface area (Å²) in [6.07, 6.45) is -5.08. The zero-order valence-electron chi connectivity index (χ0n) is 13.8. The monoisotopic (exact) mass is 384 g/mol. The van der Waals surface area contributed by atoms with Crippen LogP contribution in [-0.2, 0) is 4.79 Å². The van der Waals surface area contributed by atoms with Crippen molar-refractivity contribution in [1.29, 1.82) is 0 Å². The molecule has 0 amide bonds. The summed E-state index contributed by atoms with van der Waals surface area (Å²) in [6, 6.07) is 10.4. The van der Waals surface area contributed by atoms with Gasteiger partial charge in [0.25, 0.3) is 0 Å². The lowest BCUT2D eigenvalue weighted by molar-refractivity contribution is -0.192. The highest BCUT2D eigenvalue weighted by Crippen LogP contribution is 2.30. The molecule has 0 saturated carbocycles. The molecule has 3 aromatic rings. The van der Waals surface area contributed by atoms with E-state index in [4.69, 9.17) is 15.6 Å². The van der Waals surface area contributed by atoms with E-state index in [0.717, 1.165) is 22.3 Å². The standard InChI is InChI=1S/C14H14N4S.C2HF3O2/c1-18(2)13-10-6-5-9(12-4-3-7-19-12)8-11(10)16-14(15)17-13;3-2(4,5)1(6)7/h3-8H,1-2H3,(H2,15,16,17);(H,6,7). The molecule has 10 heteroatoms. The van der Waals surface area contributed by atoms with E-state index in [1.807, 2.05) is 25.1 Å². The first-order chi connectivity index (χ1) is 12.1. The summed E-state index contributed by atoms with van der Waals surface area (Å²) >= 11 is 1.71. The number of aromatic nitrogens is 2. The van der Waals surface area contributed by atoms with Gasteiger partial charge in [0, 0.05) is 24.4 Å². The van der Waals surface area contributed by atoms with Crippen molar-refractivity contribution in [3.8, 4) is 10.4 Å². The number of rotatable bonds is 2. The minimum atomic E-state index is -5.08. The molecule has 3 rings (SSSR count). The van der Waals surface area contributed by atoms with Crippen molar-refractivity contribution in [3.63, 3.8) is 0 Å². The third kappa shape index (κ3) is 4.60. The number of carboxylic acid groups (broad SMARTS) is 1. The maximum Gasteiger partial charge on any atom is 0.490 e. The number of nitrogens with zero attached hydrogens (tertiary/aromatic N) is 3. The second-order valence-electron chi connectivity index (χ2n) is 5.31. The highest BCUT2D eigenvalue weighted by atomic mass is 32.1. The molecule has 0 unspecified atom stereocenters. The molecule has 2 heterocycles. The van der Waals surface area contributed by atoms with Crippen molar-refractivity contribution in [2.24, 2.45) is 0 Å². The van der Waals surface area contributed by atoms with Crippen LogP contribution in [0.15, 0.2) is 35.7 Å². The van der Waals surface area contributed by atoms with Crippen LogP contribution in [0.3, 0.4) is 0 Å². The quantitative estimate of drug-likeness (QED) is 0.701. The van der Waals surface area contributed by atoms with Crippen molar-refractivity contribution in [1.82, 2.24) is 9.97 Å². The van der Waals surface area contributed by atoms with Crippen LogP contribution in [0.1, 0.15) is 0 Å². The van der Waals surface area contributed by atoms with Gasteiger partial charge in [0.1, 0.15) is 5.82 Å². The number of aliphatic carboxylic acids is 1. The number of anilines is 2. The minimum Gasteiger partial charge on any atom is -0.475 e. The van der Waals surface area contributed by atoms with Crippen LogP contribution in [0.2, 0.25) is 0 Å². The molecule has 0 bridgehead atoms. The lowest BCUT2D eigenvalue weighted by Gasteiger charge is -2.14. The Kier molecular flexibility index (Phi) is 5.66. The molecular formula is C16H15F3N4O2S. The van der Waals surface area contributed by atoms with E-state index in [9.17, 15) is 13.2 Å². The molecule has 2 aromatic heterocycles. The predicted molar refractivity (Wildman–Crippen MR) is 95.3 cm³/mol. The number of carboxylic acids is 1. The van der Waals surface area contributed by atoms with E-state index in [-0.39, 0.29) is 0 Å². The topological polar surface area (TPSA) is 92.3 Å². The summed E-state index contributed by atoms with van der Waals surface area (Å²) in [5.41, 5.74) is 7.82. The molecule has 138 valence electrons. The van der Waals surface area contributed by atoms with E-state index in [2.05, 4.69) is 39.6 Å². The molecule has 0 atom stereocenters. The number of carbonyl (C=O) groups is 1. The number of benzene rings is 1. The Morgan fingerprint density at radius 2 is 1.88 bits per heavy atom. The van der Waals surface area contributed by atoms with Crippen LogP contribution < -0.4 is 10.6 Å². The van der Waals surface area contributed by atoms with Crippen LogP contribution in [0.4, 0.5) is 24.9 Å². The third-order valence-corrected chi connectivity index (χ3v) is 4.08. The smallest absolute Gasteiger partial charge is 0.475 e. The van der Waals surface area contributed by atoms with Crippen molar-refractivity contribution in [3.05, 3.63) is 35.7 Å². The molecule has 1 aromatic carbocycles. The maximum atomic E-state index is 10.6. The number of alkyl halides is 3. The highest BCUT2D eigenvalue weighted by Gasteiger charge is 2.38. The Balaban J connectivity index is 0.000000298. The van der Waals surface area contributed by atoms with Gasteiger partial charge >= 0.3 is 12.1 Å². The molecule has 6 nitrogen and oxygen atoms in total. The van der Waals surface area contributed by atoms with Crippen molar-refractivity contribution >= 4 is 40.0 Å². The molecular weight excluding hydrogens is 369 g/mol. The molecule has 0 fully saturated rings. The molecule has 0 saturated heterocycles. The molecule has 0 spiro atoms. The average molecular weight is 384 g/mol. The summed E-state index contributed by atoms with van der Waals surface area (Å²) in [6.45, 7) is 0. The SMILES string of the molecule is CN(C)c1nc(N)nc2cc(-c3cccs3)ccc12.O=C(O)C(F)(F)F. The molecule has 0 aliphatic rings. The Morgan fingerprint density at radius 1 is 1.23 bits per heavy atom. The van der Waals surface area contributed by atoms with Crippen LogP contribution in [-0.4, -0.2) is 41.3 Å². The zero-order chi connectivity index (χ0) is 19.5. The Morgan fingerprint density at radius 3 is 2.38 bits per heavy atom. The number of hydrogen-bond acceptors (Lipinski definition) is 6. The van der Waals surface area contributed by atoms with E-state index in [1.165, 1.54) is 4.88 Å². The summed E-state index contributed by atoms with van der Waals surface area (Å²) in [4.78, 5) is 20.7. The van der Waals surface area contributed by atoms with Gasteiger partial charge in [0.2, 0.25) is 5.95 Å². The van der Waals surface area contributed by atoms with Gasteiger partial charge < -0.3 is 15.7 Å². The van der Waals surface area contributed by atoms with Gasteiger partial charge in [0.05, 0.1) is 5.52 Å². The number of nitrogens with two attached hydrogens (primary N) is 1. The fourth-order valence-electron chi connectivity index (χ4n) is 2.07. The minimum absolute atomic E-state index is 0.305. The molecule has 0 aliphatic carbocycles. The largest absolute Gasteiger partial charge is 0.490 e. The van der Waals surface area contributed by atoms with Crippen molar-refractivity contribution in [2.45, 2.75) is 6.18 Å². The fraction of sp³-hybridized carbons (Fsp3) is 0.188. The van der Waals surface area contributed by atoms with E-state index >= 15 is 0 Å². The summed E-state index contributed by atoms with van der Waals surface area (Å²) < 4.78 is 31.7. The van der Waals surface area contributed by atoms with Crippen LogP contribution in [0, 0.1) is 0 Å². The number of halogens is 3. The van der Waals surface area contributed by atoms with Crippen molar-refractivity contribution in [2.75, 3.05) is 24.7 Å². The summed E-state index contributed by atoms with van der Waals surface area (Å²) in [7, 11) is 3.91. The van der Waals surface area contributed by atoms with Gasteiger partial charge in [-0.1, -0.05) is 12.1 Å². The highest BCUT2D eigenvalue weighted by molar-refractivity contribution is 7.13. The van der Waals surface area contributed by atoms with Gasteiger partial charge in [-0.2, -0.15) is 18.2 Å². The van der Waals surface area contributed by atoms with Crippen LogP contribution in [0.5, 0.6) is 0 Å². The van der Waals surface area contributed by atoms with Gasteiger partial charge in [0.15, 0.2) is 0 Å². The van der Waals surface area contributed by atoms with Gasteiger partial charge in [-0.05, 0) is 29.1 Å². The number of thiophene rings is 1. The summed E-state index contributed by atoms with van der Waals surface area (Å²) in [5, 5.41) is 10.2. The summed E-state index contributed by atoms with van der Waals surface area (Å²) in [5.74, 6) is -1.60. The van der Waals surface area contributed by atoms with E-state index < -0.39 is 12.1 Å². The normalized spacial score (nSPS) is 11.0. The first-order valence-corrected chi connectivity index (χ1v) is 8.06. The number of nitrogen functional groups attached to an aromatic ring is 1. The fourth-order valence-corrected chi connectivity index (χ4v) is 2.79. The van der Waals surface area contributed by atoms with E-state index in [0.29, 0.717) is 5.95 Å². The van der Waals surface area contributed by atoms with Crippen molar-refractivity contribution < 1.29 is 23.1 Å². The van der Waals surface area contributed by atoms with Gasteiger partial charge in [-0.25, -0.2) is 9.78 Å². The second kappa shape index (κ2) is 7.56. The Bertz CT molecular complexity index is 912. The molecule has 0 radical (unpaired) electrons. The number of hydrogen-bond donors (Lipinski definition) is 2. The average Bonchev–Trinajstić information content (AvgIpc) is 3.07. The van der Waals surface area contributed by atoms with Crippen LogP contribution >= 0.6 is 11.3 Å². The third-order valence-electron chi connectivity index (χ3n) is 3.17. The van der Waals surface area contributed by atoms with Gasteiger partial charge in [-0.3, -0.25) is 0 Å². The molecule has 0 aliphatic heterocycles. The maximum absolute atomic E-state index is 10.6. The van der Waals surface area contributed by atoms with Gasteiger partial charge in [-0.15, -0.1) is 11.3 Å². The Hall–Kier alpha value is -2.88. The lowest BCUT2D eigenvalue weighted by Crippen LogP contribution is -2.21. The zero-order valence-corrected chi connectivity index (χ0v) is 14.6.